The van der Waals surface area contributed by atoms with Crippen LogP contribution in [0.5, 0.6) is 0 Å². The molecule has 2 heterocycles. The monoisotopic (exact) mass is 382 g/mol. The predicted molar refractivity (Wildman–Crippen MR) is 105 cm³/mol. The molecule has 1 atom stereocenters. The highest BCUT2D eigenvalue weighted by Gasteiger charge is 2.25. The van der Waals surface area contributed by atoms with Crippen LogP contribution in [0, 0.1) is 0 Å². The maximum Gasteiger partial charge on any atom is 0.223 e. The molecule has 0 radical (unpaired) electrons. The average Bonchev–Trinajstić information content (AvgIpc) is 2.92. The van der Waals surface area contributed by atoms with Crippen LogP contribution in [0.3, 0.4) is 0 Å². The van der Waals surface area contributed by atoms with Crippen LogP contribution in [0.1, 0.15) is 51.1 Å². The third-order valence-corrected chi connectivity index (χ3v) is 4.50. The minimum atomic E-state index is -0.0458. The first-order valence-corrected chi connectivity index (χ1v) is 9.37. The van der Waals surface area contributed by atoms with Gasteiger partial charge >= 0.3 is 0 Å². The molecule has 7 heteroatoms. The predicted octanol–water partition coefficient (Wildman–Crippen LogP) is 2.28. The molecule has 2 amide bonds. The zero-order chi connectivity index (χ0) is 17.9. The molecular formula is C19H31ClN4O2. The van der Waals surface area contributed by atoms with E-state index in [1.165, 1.54) is 0 Å². The first kappa shape index (κ1) is 22.4. The minimum Gasteiger partial charge on any atom is -0.356 e. The van der Waals surface area contributed by atoms with Crippen LogP contribution >= 0.6 is 12.4 Å². The van der Waals surface area contributed by atoms with E-state index in [0.717, 1.165) is 44.5 Å². The van der Waals surface area contributed by atoms with Gasteiger partial charge in [0.25, 0.3) is 0 Å². The molecule has 0 saturated carbocycles. The lowest BCUT2D eigenvalue weighted by Gasteiger charge is -2.31. The maximum absolute atomic E-state index is 12.8. The average molecular weight is 383 g/mol. The number of amides is 2. The van der Waals surface area contributed by atoms with E-state index in [4.69, 9.17) is 0 Å². The largest absolute Gasteiger partial charge is 0.356 e. The number of nitrogens with zero attached hydrogens (tertiary/aromatic N) is 2. The van der Waals surface area contributed by atoms with E-state index in [2.05, 4.69) is 15.6 Å². The molecule has 26 heavy (non-hydrogen) atoms. The molecule has 1 aromatic rings. The summed E-state index contributed by atoms with van der Waals surface area (Å²) in [6.07, 6.45) is 6.17. The summed E-state index contributed by atoms with van der Waals surface area (Å²) in [7, 11) is 0. The van der Waals surface area contributed by atoms with Gasteiger partial charge in [-0.1, -0.05) is 13.0 Å². The van der Waals surface area contributed by atoms with Crippen molar-refractivity contribution in [1.82, 2.24) is 20.5 Å². The number of aromatic nitrogens is 1. The van der Waals surface area contributed by atoms with Gasteiger partial charge in [0.05, 0.1) is 12.2 Å². The molecule has 0 aromatic carbocycles. The molecule has 2 N–H and O–H groups in total. The van der Waals surface area contributed by atoms with E-state index >= 15 is 0 Å². The second-order valence-corrected chi connectivity index (χ2v) is 6.53. The normalized spacial score (nSPS) is 16.9. The molecule has 1 aromatic heterocycles. The van der Waals surface area contributed by atoms with Gasteiger partial charge in [-0.3, -0.25) is 14.6 Å². The van der Waals surface area contributed by atoms with E-state index in [-0.39, 0.29) is 43.1 Å². The first-order chi connectivity index (χ1) is 12.2. The molecule has 0 bridgehead atoms. The molecule has 1 unspecified atom stereocenters. The highest BCUT2D eigenvalue weighted by molar-refractivity contribution is 5.85. The van der Waals surface area contributed by atoms with Crippen LogP contribution in [0.15, 0.2) is 24.4 Å². The summed E-state index contributed by atoms with van der Waals surface area (Å²) < 4.78 is 0. The van der Waals surface area contributed by atoms with Gasteiger partial charge in [-0.05, 0) is 50.9 Å². The summed E-state index contributed by atoms with van der Waals surface area (Å²) in [4.78, 5) is 30.9. The lowest BCUT2D eigenvalue weighted by Crippen LogP contribution is -2.41. The molecule has 0 spiro atoms. The van der Waals surface area contributed by atoms with Crippen molar-refractivity contribution in [2.75, 3.05) is 19.6 Å². The van der Waals surface area contributed by atoms with Gasteiger partial charge in [0.1, 0.15) is 0 Å². The molecular weight excluding hydrogens is 352 g/mol. The highest BCUT2D eigenvalue weighted by Crippen LogP contribution is 2.18. The summed E-state index contributed by atoms with van der Waals surface area (Å²) >= 11 is 0. The molecule has 1 saturated heterocycles. The topological polar surface area (TPSA) is 74.3 Å². The van der Waals surface area contributed by atoms with Crippen LogP contribution in [-0.2, 0) is 16.1 Å². The molecule has 6 nitrogen and oxygen atoms in total. The molecule has 1 aliphatic heterocycles. The van der Waals surface area contributed by atoms with Crippen LogP contribution in [-0.4, -0.2) is 47.4 Å². The van der Waals surface area contributed by atoms with Crippen molar-refractivity contribution in [3.63, 3.8) is 0 Å². The third kappa shape index (κ3) is 7.70. The quantitative estimate of drug-likeness (QED) is 0.723. The number of carbonyl (C=O) groups excluding carboxylic acids is 2. The number of hydrogen-bond donors (Lipinski definition) is 2. The summed E-state index contributed by atoms with van der Waals surface area (Å²) in [5.41, 5.74) is 0.892. The number of rotatable bonds is 8. The number of hydrogen-bond acceptors (Lipinski definition) is 4. The van der Waals surface area contributed by atoms with Gasteiger partial charge in [0.15, 0.2) is 0 Å². The third-order valence-electron chi connectivity index (χ3n) is 4.50. The van der Waals surface area contributed by atoms with Crippen molar-refractivity contribution in [3.05, 3.63) is 30.1 Å². The standard InChI is InChI=1S/C19H30N4O2.ClH/c1-2-11-22-18(24)8-9-19(25)23(15-16-6-3-4-13-21-16)17-7-5-12-20-14-10-17;/h3-4,6,13,17,20H,2,5,7-12,14-15H2,1H3,(H,22,24);1H. The highest BCUT2D eigenvalue weighted by atomic mass is 35.5. The van der Waals surface area contributed by atoms with Crippen molar-refractivity contribution in [1.29, 1.82) is 0 Å². The number of halogens is 1. The fraction of sp³-hybridized carbons (Fsp3) is 0.632. The van der Waals surface area contributed by atoms with Crippen molar-refractivity contribution in [3.8, 4) is 0 Å². The number of carbonyl (C=O) groups is 2. The molecule has 0 aliphatic carbocycles. The Bertz CT molecular complexity index is 534. The van der Waals surface area contributed by atoms with Gasteiger partial charge in [-0.15, -0.1) is 12.4 Å². The van der Waals surface area contributed by atoms with E-state index in [1.807, 2.05) is 30.0 Å². The number of pyridine rings is 1. The Morgan fingerprint density at radius 2 is 2.12 bits per heavy atom. The van der Waals surface area contributed by atoms with Gasteiger partial charge in [0, 0.05) is 31.6 Å². The van der Waals surface area contributed by atoms with E-state index in [1.54, 1.807) is 6.20 Å². The first-order valence-electron chi connectivity index (χ1n) is 9.37. The maximum atomic E-state index is 12.8. The molecule has 1 aliphatic rings. The van der Waals surface area contributed by atoms with Crippen molar-refractivity contribution in [2.45, 2.75) is 58.0 Å². The molecule has 1 fully saturated rings. The molecule has 146 valence electrons. The zero-order valence-electron chi connectivity index (χ0n) is 15.6. The van der Waals surface area contributed by atoms with Gasteiger partial charge in [-0.2, -0.15) is 0 Å². The van der Waals surface area contributed by atoms with Crippen molar-refractivity contribution in [2.24, 2.45) is 0 Å². The van der Waals surface area contributed by atoms with Crippen molar-refractivity contribution < 1.29 is 9.59 Å². The fourth-order valence-electron chi connectivity index (χ4n) is 3.12. The lowest BCUT2D eigenvalue weighted by molar-refractivity contribution is -0.136. The summed E-state index contributed by atoms with van der Waals surface area (Å²) in [5, 5.41) is 6.22. The fourth-order valence-corrected chi connectivity index (χ4v) is 3.12. The van der Waals surface area contributed by atoms with Crippen molar-refractivity contribution >= 4 is 24.2 Å². The van der Waals surface area contributed by atoms with Gasteiger partial charge in [-0.25, -0.2) is 0 Å². The Morgan fingerprint density at radius 1 is 1.27 bits per heavy atom. The Morgan fingerprint density at radius 3 is 2.85 bits per heavy atom. The summed E-state index contributed by atoms with van der Waals surface area (Å²) in [6, 6.07) is 5.98. The Hall–Kier alpha value is -1.66. The summed E-state index contributed by atoms with van der Waals surface area (Å²) in [5.74, 6) is -0.000259. The number of nitrogens with one attached hydrogen (secondary N) is 2. The zero-order valence-corrected chi connectivity index (χ0v) is 16.4. The second-order valence-electron chi connectivity index (χ2n) is 6.53. The Kier molecular flexibility index (Phi) is 10.9. The van der Waals surface area contributed by atoms with Gasteiger partial charge in [0.2, 0.25) is 11.8 Å². The van der Waals surface area contributed by atoms with Gasteiger partial charge < -0.3 is 15.5 Å². The molecule has 2 rings (SSSR count). The smallest absolute Gasteiger partial charge is 0.223 e. The van der Waals surface area contributed by atoms with Crippen LogP contribution in [0.25, 0.3) is 0 Å². The van der Waals surface area contributed by atoms with Crippen LogP contribution in [0.4, 0.5) is 0 Å². The second kappa shape index (κ2) is 12.7. The van der Waals surface area contributed by atoms with E-state index in [0.29, 0.717) is 13.1 Å². The van der Waals surface area contributed by atoms with E-state index < -0.39 is 0 Å². The van der Waals surface area contributed by atoms with E-state index in [9.17, 15) is 9.59 Å². The Labute approximate surface area is 162 Å². The Balaban J connectivity index is 0.00000338. The minimum absolute atomic E-state index is 0. The SMILES string of the molecule is CCCNC(=O)CCC(=O)N(Cc1ccccn1)C1CCCNCC1.Cl. The summed E-state index contributed by atoms with van der Waals surface area (Å²) in [6.45, 7) is 5.12. The van der Waals surface area contributed by atoms with Crippen LogP contribution < -0.4 is 10.6 Å². The van der Waals surface area contributed by atoms with Crippen LogP contribution in [0.2, 0.25) is 0 Å². The lowest BCUT2D eigenvalue weighted by atomic mass is 10.1.